The molecular weight excluding hydrogens is 190 g/mol. The van der Waals surface area contributed by atoms with Gasteiger partial charge in [0.05, 0.1) is 11.9 Å². The molecule has 2 atom stereocenters. The van der Waals surface area contributed by atoms with Gasteiger partial charge in [0.1, 0.15) is 34.3 Å². The summed E-state index contributed by atoms with van der Waals surface area (Å²) in [5.74, 6) is 2.00. The molecule has 80 valence electrons. The van der Waals surface area contributed by atoms with E-state index in [0.717, 1.165) is 11.8 Å². The third kappa shape index (κ3) is 1.90. The van der Waals surface area contributed by atoms with E-state index in [0.29, 0.717) is 13.2 Å². The van der Waals surface area contributed by atoms with Crippen LogP contribution in [0.3, 0.4) is 0 Å². The van der Waals surface area contributed by atoms with Gasteiger partial charge in [-0.1, -0.05) is 0 Å². The monoisotopic (exact) mass is 206 g/mol. The molecule has 0 aromatic rings. The van der Waals surface area contributed by atoms with E-state index < -0.39 is 0 Å². The maximum Gasteiger partial charge on any atom is 0.198 e. The van der Waals surface area contributed by atoms with E-state index in [-0.39, 0.29) is 17.3 Å². The summed E-state index contributed by atoms with van der Waals surface area (Å²) in [5.41, 5.74) is -0.324. The van der Waals surface area contributed by atoms with E-state index in [4.69, 9.17) is 9.47 Å². The molecule has 2 heterocycles. The van der Waals surface area contributed by atoms with Gasteiger partial charge in [-0.15, -0.1) is 0 Å². The molecular formula is C9H16B2N2O2. The zero-order valence-electron chi connectivity index (χ0n) is 9.78. The van der Waals surface area contributed by atoms with E-state index in [1.165, 1.54) is 0 Å². The summed E-state index contributed by atoms with van der Waals surface area (Å²) in [6, 6.07) is 0. The highest BCUT2D eigenvalue weighted by atomic mass is 16.5. The van der Waals surface area contributed by atoms with Crippen LogP contribution in [0.5, 0.6) is 0 Å². The normalized spacial score (nSPS) is 30.5. The third-order valence-electron chi connectivity index (χ3n) is 2.67. The predicted molar refractivity (Wildman–Crippen MR) is 65.2 cm³/mol. The van der Waals surface area contributed by atoms with E-state index >= 15 is 0 Å². The van der Waals surface area contributed by atoms with Gasteiger partial charge in [0.25, 0.3) is 0 Å². The van der Waals surface area contributed by atoms with Gasteiger partial charge in [0, 0.05) is 0 Å². The van der Waals surface area contributed by atoms with Gasteiger partial charge in [0.15, 0.2) is 11.8 Å². The molecule has 0 amide bonds. The van der Waals surface area contributed by atoms with Crippen LogP contribution in [0.25, 0.3) is 0 Å². The summed E-state index contributed by atoms with van der Waals surface area (Å²) in [6.45, 7) is 5.42. The zero-order valence-corrected chi connectivity index (χ0v) is 9.78. The fraction of sp³-hybridized carbons (Fsp3) is 0.778. The molecule has 0 spiro atoms. The largest absolute Gasteiger partial charge is 0.479 e. The summed E-state index contributed by atoms with van der Waals surface area (Å²) >= 11 is 0. The summed E-state index contributed by atoms with van der Waals surface area (Å²) in [4.78, 5) is 8.93. The predicted octanol–water partition coefficient (Wildman–Crippen LogP) is -1.21. The second-order valence-electron chi connectivity index (χ2n) is 4.81. The summed E-state index contributed by atoms with van der Waals surface area (Å²) < 4.78 is 11.1. The van der Waals surface area contributed by atoms with Gasteiger partial charge in [-0.25, -0.2) is 0 Å². The molecule has 2 rings (SSSR count). The molecule has 0 fully saturated rings. The van der Waals surface area contributed by atoms with Gasteiger partial charge < -0.3 is 9.47 Å². The Balaban J connectivity index is 2.20. The lowest BCUT2D eigenvalue weighted by Crippen LogP contribution is -2.34. The standard InChI is InChI=1S/C9H16B2N2O2/c1-9(2,7-12-5(10)3-14-7)8-13-6(11)4-15-8/h5-6H,3-4,10-11H2,1-2H3/t5-,6-/m0/s1. The second kappa shape index (κ2) is 3.58. The van der Waals surface area contributed by atoms with Crippen LogP contribution in [0.1, 0.15) is 13.8 Å². The van der Waals surface area contributed by atoms with E-state index in [9.17, 15) is 0 Å². The van der Waals surface area contributed by atoms with Crippen molar-refractivity contribution in [3.8, 4) is 0 Å². The van der Waals surface area contributed by atoms with Gasteiger partial charge >= 0.3 is 0 Å². The van der Waals surface area contributed by atoms with Gasteiger partial charge in [-0.3, -0.25) is 9.98 Å². The molecule has 0 aliphatic carbocycles. The molecule has 0 unspecified atom stereocenters. The molecule has 0 aromatic heterocycles. The van der Waals surface area contributed by atoms with Crippen molar-refractivity contribution in [2.45, 2.75) is 25.7 Å². The molecule has 0 aromatic carbocycles. The highest BCUT2D eigenvalue weighted by molar-refractivity contribution is 6.16. The van der Waals surface area contributed by atoms with E-state index in [2.05, 4.69) is 9.98 Å². The lowest BCUT2D eigenvalue weighted by molar-refractivity contribution is 0.277. The summed E-state index contributed by atoms with van der Waals surface area (Å²) in [7, 11) is 4.09. The van der Waals surface area contributed by atoms with Crippen molar-refractivity contribution in [3.05, 3.63) is 0 Å². The fourth-order valence-electron chi connectivity index (χ4n) is 1.72. The van der Waals surface area contributed by atoms with Crippen molar-refractivity contribution in [2.24, 2.45) is 15.4 Å². The van der Waals surface area contributed by atoms with E-state index in [1.807, 2.05) is 29.5 Å². The van der Waals surface area contributed by atoms with Crippen LogP contribution in [0, 0.1) is 5.41 Å². The number of hydrogen-bond acceptors (Lipinski definition) is 4. The summed E-state index contributed by atoms with van der Waals surface area (Å²) in [5, 5.41) is 0. The lowest BCUT2D eigenvalue weighted by atomic mass is 9.92. The first-order chi connectivity index (χ1) is 7.00. The first-order valence-corrected chi connectivity index (χ1v) is 5.42. The number of ether oxygens (including phenoxy) is 2. The smallest absolute Gasteiger partial charge is 0.198 e. The van der Waals surface area contributed by atoms with Crippen molar-refractivity contribution in [1.82, 2.24) is 0 Å². The SMILES string of the molecule is B[C@@H]1COC(C(C)(C)C2=N[C@H](B)CO2)=N1. The van der Waals surface area contributed by atoms with Crippen LogP contribution in [0.2, 0.25) is 0 Å². The minimum atomic E-state index is -0.324. The Hall–Kier alpha value is -0.930. The zero-order chi connectivity index (χ0) is 11.1. The van der Waals surface area contributed by atoms with E-state index in [1.54, 1.807) is 0 Å². The minimum Gasteiger partial charge on any atom is -0.479 e. The van der Waals surface area contributed by atoms with Gasteiger partial charge in [-0.05, 0) is 13.8 Å². The molecule has 2 aliphatic heterocycles. The molecule has 4 nitrogen and oxygen atoms in total. The first-order valence-electron chi connectivity index (χ1n) is 5.42. The lowest BCUT2D eigenvalue weighted by Gasteiger charge is -2.22. The molecule has 0 saturated carbocycles. The van der Waals surface area contributed by atoms with Crippen molar-refractivity contribution in [2.75, 3.05) is 13.2 Å². The Morgan fingerprint density at radius 1 is 1.07 bits per heavy atom. The molecule has 0 saturated heterocycles. The number of rotatable bonds is 2. The number of aliphatic imine (C=N–C) groups is 2. The first kappa shape index (κ1) is 10.6. The highest BCUT2D eigenvalue weighted by Crippen LogP contribution is 2.27. The third-order valence-corrected chi connectivity index (χ3v) is 2.67. The Labute approximate surface area is 92.0 Å². The van der Waals surface area contributed by atoms with Gasteiger partial charge in [0.2, 0.25) is 0 Å². The maximum atomic E-state index is 5.57. The summed E-state index contributed by atoms with van der Waals surface area (Å²) in [6.07, 6.45) is 0. The van der Waals surface area contributed by atoms with Gasteiger partial charge in [-0.2, -0.15) is 0 Å². The fourth-order valence-corrected chi connectivity index (χ4v) is 1.72. The Bertz CT molecular complexity index is 298. The minimum absolute atomic E-state index is 0.249. The molecule has 0 radical (unpaired) electrons. The molecule has 6 heteroatoms. The number of nitrogens with zero attached hydrogens (tertiary/aromatic N) is 2. The van der Waals surface area contributed by atoms with Crippen LogP contribution in [-0.2, 0) is 9.47 Å². The van der Waals surface area contributed by atoms with Crippen molar-refractivity contribution in [3.63, 3.8) is 0 Å². The van der Waals surface area contributed by atoms with Crippen LogP contribution in [0.15, 0.2) is 9.98 Å². The topological polar surface area (TPSA) is 43.2 Å². The van der Waals surface area contributed by atoms with Crippen molar-refractivity contribution < 1.29 is 9.47 Å². The average molecular weight is 206 g/mol. The van der Waals surface area contributed by atoms with Crippen molar-refractivity contribution in [1.29, 1.82) is 0 Å². The molecule has 0 N–H and O–H groups in total. The van der Waals surface area contributed by atoms with Crippen LogP contribution in [0.4, 0.5) is 0 Å². The van der Waals surface area contributed by atoms with Crippen LogP contribution < -0.4 is 0 Å². The maximum absolute atomic E-state index is 5.57. The second-order valence-corrected chi connectivity index (χ2v) is 4.81. The van der Waals surface area contributed by atoms with Crippen molar-refractivity contribution >= 4 is 27.5 Å². The molecule has 0 bridgehead atoms. The molecule has 2 aliphatic rings. The molecule has 15 heavy (non-hydrogen) atoms. The van der Waals surface area contributed by atoms with Crippen LogP contribution in [-0.4, -0.2) is 52.6 Å². The van der Waals surface area contributed by atoms with Crippen LogP contribution >= 0.6 is 0 Å². The Kier molecular flexibility index (Phi) is 2.52. The quantitative estimate of drug-likeness (QED) is 0.532. The Morgan fingerprint density at radius 3 is 1.73 bits per heavy atom. The Morgan fingerprint density at radius 2 is 1.47 bits per heavy atom. The average Bonchev–Trinajstić information content (AvgIpc) is 2.74. The highest BCUT2D eigenvalue weighted by Gasteiger charge is 2.39. The number of hydrogen-bond donors (Lipinski definition) is 0.